The number of nitrogens with zero attached hydrogens (tertiary/aromatic N) is 12. The van der Waals surface area contributed by atoms with E-state index in [1.165, 1.54) is 112 Å². The first-order chi connectivity index (χ1) is 50.8. The van der Waals surface area contributed by atoms with Gasteiger partial charge in [-0.3, -0.25) is 56.2 Å². The largest absolute Gasteiger partial charge is 0.284 e. The van der Waals surface area contributed by atoms with Crippen molar-refractivity contribution in [3.8, 4) is 67.5 Å². The number of hydrogen-bond acceptors (Lipinski definition) is 18. The van der Waals surface area contributed by atoms with Gasteiger partial charge in [0.1, 0.15) is 49.6 Å². The van der Waals surface area contributed by atoms with E-state index in [0.29, 0.717) is 70.6 Å². The SMILES string of the molecule is C.C.C.C.C.C.Fc1[c-]c(-c2ncnc3ccsc23)c(F)c(F)c1.Fc1[c-]c(-c2ncnc3ccsc23)c(F)cc1.Fc1[c-]c(-c2ncnc3ccsc23)cc(F)c1.Fc1[c-]c(-c2ncnc3ccsc23)cc(F)c1F.Fc1c[c-]c(-c2ncnc3ccsc23)c(F)c1F.Fc1c[c-]c(-c2ncnc3ccsc23)cc1F.[Ir].[Ir].[Ir].[Ir].[Ir].[Ir]. The molecule has 0 spiro atoms. The second-order valence-electron chi connectivity index (χ2n) is 20.7. The topological polar surface area (TPSA) is 155 Å². The van der Waals surface area contributed by atoms with E-state index in [-0.39, 0.29) is 199 Å². The zero-order valence-corrected chi connectivity index (χ0v) is 72.8. The first-order valence-corrected chi connectivity index (χ1v) is 34.5. The molecule has 12 nitrogen and oxygen atoms in total. The minimum absolute atomic E-state index is 0. The van der Waals surface area contributed by atoms with E-state index in [0.717, 1.165) is 73.1 Å². The number of halogens is 15. The Bertz CT molecular complexity index is 6220. The number of aromatic nitrogens is 12. The Labute approximate surface area is 764 Å². The predicted octanol–water partition coefficient (Wildman–Crippen LogP) is 24.8. The zero-order valence-electron chi connectivity index (χ0n) is 53.6. The van der Waals surface area contributed by atoms with Crippen LogP contribution in [0.2, 0.25) is 0 Å². The van der Waals surface area contributed by atoms with Crippen molar-refractivity contribution in [2.75, 3.05) is 0 Å². The van der Waals surface area contributed by atoms with Gasteiger partial charge in [-0.2, -0.15) is 68.0 Å². The summed E-state index contributed by atoms with van der Waals surface area (Å²) in [5.41, 5.74) is 6.66. The molecule has 0 saturated carbocycles. The molecule has 18 rings (SSSR count). The molecule has 0 aliphatic rings. The van der Waals surface area contributed by atoms with Crippen LogP contribution in [0.5, 0.6) is 0 Å². The minimum Gasteiger partial charge on any atom is -0.284 e. The molecule has 6 radical (unpaired) electrons. The Morgan fingerprint density at radius 2 is 0.581 bits per heavy atom. The Morgan fingerprint density at radius 1 is 0.239 bits per heavy atom. The van der Waals surface area contributed by atoms with Crippen molar-refractivity contribution in [2.45, 2.75) is 44.6 Å². The fraction of sp³-hybridized carbons (Fsp3) is 0.0769. The van der Waals surface area contributed by atoms with Gasteiger partial charge >= 0.3 is 0 Å². The first kappa shape index (κ1) is 107. The summed E-state index contributed by atoms with van der Waals surface area (Å²) in [4.78, 5) is 48.1. The molecule has 0 bridgehead atoms. The van der Waals surface area contributed by atoms with Crippen LogP contribution in [0, 0.1) is 124 Å². The maximum absolute atomic E-state index is 13.7. The minimum atomic E-state index is -1.53. The number of rotatable bonds is 6. The van der Waals surface area contributed by atoms with Gasteiger partial charge in [-0.25, -0.2) is 69.4 Å². The Morgan fingerprint density at radius 3 is 0.991 bits per heavy atom. The fourth-order valence-electron chi connectivity index (χ4n) is 9.63. The summed E-state index contributed by atoms with van der Waals surface area (Å²) in [6.07, 6.45) is 7.87. The van der Waals surface area contributed by atoms with E-state index in [1.54, 1.807) is 34.3 Å². The van der Waals surface area contributed by atoms with Crippen LogP contribution in [0.15, 0.2) is 161 Å². The average Bonchev–Trinajstić information content (AvgIpc) is 1.55. The molecular weight excluding hydrogens is 2740 g/mol. The van der Waals surface area contributed by atoms with Gasteiger partial charge < -0.3 is 0 Å². The second-order valence-corrected chi connectivity index (χ2v) is 26.2. The molecule has 0 aliphatic carbocycles. The molecule has 624 valence electrons. The Balaban J connectivity index is 0.000000688. The molecule has 12 aromatic heterocycles. The van der Waals surface area contributed by atoms with Gasteiger partial charge in [0.25, 0.3) is 0 Å². The molecule has 0 fully saturated rings. The first-order valence-electron chi connectivity index (χ1n) is 29.2. The molecule has 0 saturated heterocycles. The normalized spacial score (nSPS) is 9.87. The summed E-state index contributed by atoms with van der Waals surface area (Å²) >= 11 is 8.19. The average molecular weight is 2790 g/mol. The van der Waals surface area contributed by atoms with Crippen molar-refractivity contribution in [3.05, 3.63) is 285 Å². The Kier molecular flexibility index (Phi) is 44.6. The molecular formula is C78H51F15Ir6N12S6-6. The van der Waals surface area contributed by atoms with Gasteiger partial charge in [0.15, 0.2) is 0 Å². The number of thiophene rings is 6. The van der Waals surface area contributed by atoms with Crippen molar-refractivity contribution < 1.29 is 186 Å². The Hall–Kier alpha value is -7.59. The van der Waals surface area contributed by atoms with E-state index in [1.807, 2.05) is 34.3 Å². The van der Waals surface area contributed by atoms with E-state index >= 15 is 0 Å². The molecule has 18 aromatic rings. The summed E-state index contributed by atoms with van der Waals surface area (Å²) < 4.78 is 202. The van der Waals surface area contributed by atoms with Crippen LogP contribution in [-0.4, -0.2) is 59.8 Å². The van der Waals surface area contributed by atoms with Gasteiger partial charge in [0.05, 0.1) is 79.6 Å². The fourth-order valence-corrected chi connectivity index (χ4v) is 14.7. The third-order valence-electron chi connectivity index (χ3n) is 14.3. The molecule has 117 heavy (non-hydrogen) atoms. The molecule has 0 aliphatic heterocycles. The zero-order chi connectivity index (χ0) is 73.6. The van der Waals surface area contributed by atoms with E-state index in [4.69, 9.17) is 0 Å². The van der Waals surface area contributed by atoms with Crippen LogP contribution in [0.3, 0.4) is 0 Å². The molecule has 12 heterocycles. The molecule has 0 amide bonds. The predicted molar refractivity (Wildman–Crippen MR) is 410 cm³/mol. The van der Waals surface area contributed by atoms with Crippen LogP contribution in [0.25, 0.3) is 129 Å². The maximum atomic E-state index is 13.7. The molecule has 6 aromatic carbocycles. The summed E-state index contributed by atoms with van der Waals surface area (Å²) in [6, 6.07) is 33.1. The van der Waals surface area contributed by atoms with Crippen molar-refractivity contribution in [3.63, 3.8) is 0 Å². The van der Waals surface area contributed by atoms with Crippen LogP contribution in [-0.2, 0) is 121 Å². The summed E-state index contributed by atoms with van der Waals surface area (Å²) in [5.74, 6) is -15.9. The number of hydrogen-bond donors (Lipinski definition) is 0. The van der Waals surface area contributed by atoms with Crippen molar-refractivity contribution in [1.82, 2.24) is 59.8 Å². The standard InChI is InChI=1S/3C12H4F3N2S.3C12H5F2N2S.6CH4.6Ir/c13-6-3-7(10(15)8(14)4-6)11-12-9(1-2-18-12)16-5-17-11;13-7-3-6(4-8(14)10(7)15)11-12-9(1-2-18-12)16-5-17-11;13-7-2-1-6(9(14)10(7)15)11-12-8(3-4-18-12)16-5-17-11;13-8-3-7(4-9(14)5-8)11-12-10(1-2-17-12)15-6-16-11;13-7-1-2-9(14)8(5-7)11-12-10(3-4-17-12)15-6-16-11;13-8-2-1-7(5-9(8)14)11-12-10(3-4-17-12)15-6-16-11;;;;;;;;;;;;/h1-2,4-5H;1-3,5H;2-5H;1-3,5-6H;1-4,6H;2-6H;6*1H4;;;;;;/q6*-1;;;;;;;;;;;;. The van der Waals surface area contributed by atoms with Gasteiger partial charge in [-0.05, 0) is 68.7 Å². The van der Waals surface area contributed by atoms with Gasteiger partial charge in [-0.15, -0.1) is 95.6 Å². The van der Waals surface area contributed by atoms with Crippen molar-refractivity contribution in [1.29, 1.82) is 0 Å². The summed E-state index contributed by atoms with van der Waals surface area (Å²) in [7, 11) is 0. The van der Waals surface area contributed by atoms with E-state index in [9.17, 15) is 65.9 Å². The van der Waals surface area contributed by atoms with Crippen molar-refractivity contribution >= 4 is 129 Å². The monoisotopic (exact) mass is 2790 g/mol. The molecule has 0 atom stereocenters. The van der Waals surface area contributed by atoms with Crippen LogP contribution in [0.1, 0.15) is 44.6 Å². The maximum Gasteiger partial charge on any atom is 0.111 e. The summed E-state index contributed by atoms with van der Waals surface area (Å²) in [5, 5.41) is 10.9. The van der Waals surface area contributed by atoms with Gasteiger partial charge in [0, 0.05) is 212 Å². The van der Waals surface area contributed by atoms with Crippen LogP contribution < -0.4 is 0 Å². The molecule has 0 N–H and O–H groups in total. The molecule has 39 heteroatoms. The van der Waals surface area contributed by atoms with Gasteiger partial charge in [-0.1, -0.05) is 73.4 Å². The third kappa shape index (κ3) is 24.6. The van der Waals surface area contributed by atoms with E-state index in [2.05, 4.69) is 96.2 Å². The third-order valence-corrected chi connectivity index (χ3v) is 19.7. The van der Waals surface area contributed by atoms with Gasteiger partial charge in [0.2, 0.25) is 0 Å². The van der Waals surface area contributed by atoms with Crippen molar-refractivity contribution in [2.24, 2.45) is 0 Å². The smallest absolute Gasteiger partial charge is 0.111 e. The molecule has 0 unspecified atom stereocenters. The number of fused-ring (bicyclic) bond motifs is 6. The number of benzene rings is 6. The quantitative estimate of drug-likeness (QED) is 0.0673. The summed E-state index contributed by atoms with van der Waals surface area (Å²) in [6.45, 7) is 0. The van der Waals surface area contributed by atoms with Crippen LogP contribution in [0.4, 0.5) is 65.9 Å². The second kappa shape index (κ2) is 48.6. The van der Waals surface area contributed by atoms with E-state index < -0.39 is 87.3 Å². The van der Waals surface area contributed by atoms with Crippen LogP contribution >= 0.6 is 68.0 Å².